The van der Waals surface area contributed by atoms with Crippen molar-refractivity contribution in [3.05, 3.63) is 42.4 Å². The summed E-state index contributed by atoms with van der Waals surface area (Å²) >= 11 is 0. The number of H-pyrrole nitrogens is 1. The van der Waals surface area contributed by atoms with Gasteiger partial charge in [-0.3, -0.25) is 15.2 Å². The van der Waals surface area contributed by atoms with Crippen molar-refractivity contribution in [3.63, 3.8) is 0 Å². The van der Waals surface area contributed by atoms with E-state index >= 15 is 0 Å². The first-order valence-corrected chi connectivity index (χ1v) is 10.5. The highest BCUT2D eigenvalue weighted by atomic mass is 16.1. The van der Waals surface area contributed by atoms with Crippen molar-refractivity contribution < 1.29 is 4.79 Å². The second-order valence-electron chi connectivity index (χ2n) is 8.11. The van der Waals surface area contributed by atoms with Crippen molar-refractivity contribution in [2.45, 2.75) is 32.6 Å². The second kappa shape index (κ2) is 8.77. The van der Waals surface area contributed by atoms with E-state index in [1.807, 2.05) is 24.4 Å². The Labute approximate surface area is 180 Å². The molecule has 3 aromatic rings. The highest BCUT2D eigenvalue weighted by molar-refractivity contribution is 6.45. The molecule has 1 saturated heterocycles. The predicted octanol–water partition coefficient (Wildman–Crippen LogP) is 3.73. The van der Waals surface area contributed by atoms with Crippen LogP contribution in [0.15, 0.2) is 36.7 Å². The van der Waals surface area contributed by atoms with Crippen LogP contribution in [-0.4, -0.2) is 45.4 Å². The predicted molar refractivity (Wildman–Crippen MR) is 123 cm³/mol. The molecule has 1 aliphatic heterocycles. The lowest BCUT2D eigenvalue weighted by Gasteiger charge is -2.22. The lowest BCUT2D eigenvalue weighted by atomic mass is 9.93. The molecule has 4 heterocycles. The van der Waals surface area contributed by atoms with Gasteiger partial charge in [-0.1, -0.05) is 6.92 Å². The molecule has 160 valence electrons. The van der Waals surface area contributed by atoms with Crippen molar-refractivity contribution in [2.24, 2.45) is 5.92 Å². The van der Waals surface area contributed by atoms with Crippen LogP contribution in [0.1, 0.15) is 38.3 Å². The monoisotopic (exact) mass is 417 g/mol. The molecule has 0 radical (unpaired) electrons. The van der Waals surface area contributed by atoms with E-state index in [-0.39, 0.29) is 11.4 Å². The molecule has 1 aliphatic rings. The number of nitrogens with zero attached hydrogens (tertiary/aromatic N) is 2. The smallest absolute Gasteiger partial charge is 0.270 e. The molecule has 5 N–H and O–H groups in total. The zero-order valence-electron chi connectivity index (χ0n) is 17.7. The summed E-state index contributed by atoms with van der Waals surface area (Å²) in [5.74, 6) is -0.555. The van der Waals surface area contributed by atoms with E-state index in [4.69, 9.17) is 10.8 Å². The van der Waals surface area contributed by atoms with Gasteiger partial charge in [0.1, 0.15) is 11.4 Å². The first kappa shape index (κ1) is 20.9. The second-order valence-corrected chi connectivity index (χ2v) is 8.11. The van der Waals surface area contributed by atoms with Crippen LogP contribution in [0.2, 0.25) is 0 Å². The number of piperidine rings is 1. The van der Waals surface area contributed by atoms with E-state index in [1.165, 1.54) is 0 Å². The number of carbonyl (C=O) groups is 1. The van der Waals surface area contributed by atoms with Crippen molar-refractivity contribution in [1.82, 2.24) is 20.3 Å². The molecule has 8 heteroatoms. The zero-order chi connectivity index (χ0) is 22.0. The van der Waals surface area contributed by atoms with Gasteiger partial charge in [0.25, 0.3) is 5.91 Å². The number of aromatic amines is 1. The zero-order valence-corrected chi connectivity index (χ0v) is 17.7. The quantitative estimate of drug-likeness (QED) is 0.391. The van der Waals surface area contributed by atoms with Crippen LogP contribution in [0.25, 0.3) is 22.3 Å². The minimum Gasteiger partial charge on any atom is -0.339 e. The molecule has 0 aromatic carbocycles. The van der Waals surface area contributed by atoms with Crippen LogP contribution >= 0.6 is 0 Å². The standard InChI is InChI=1S/C23H27N7O/c1-13(14(2)24)21(25)23(31)29-18-9-17-11-20(30-22(17)28-12-18)16-5-8-27-19(10-16)15-3-6-26-7-4-15/h5,8-13,15,24-26H,3-4,6-7H2,1-2H3,(H,28,30)(H,29,31). The van der Waals surface area contributed by atoms with Gasteiger partial charge in [-0.25, -0.2) is 4.98 Å². The number of amides is 1. The molecule has 1 atom stereocenters. The molecule has 1 unspecified atom stereocenters. The Morgan fingerprint density at radius 3 is 2.71 bits per heavy atom. The number of anilines is 1. The van der Waals surface area contributed by atoms with Gasteiger partial charge in [-0.05, 0) is 57.1 Å². The average molecular weight is 418 g/mol. The molecule has 8 nitrogen and oxygen atoms in total. The van der Waals surface area contributed by atoms with Crippen LogP contribution in [0, 0.1) is 16.7 Å². The van der Waals surface area contributed by atoms with Crippen LogP contribution in [0.4, 0.5) is 5.69 Å². The van der Waals surface area contributed by atoms with E-state index < -0.39 is 11.8 Å². The number of pyridine rings is 2. The van der Waals surface area contributed by atoms with Crippen LogP contribution < -0.4 is 10.6 Å². The first-order chi connectivity index (χ1) is 14.9. The number of hydrogen-bond acceptors (Lipinski definition) is 6. The summed E-state index contributed by atoms with van der Waals surface area (Å²) in [4.78, 5) is 24.7. The summed E-state index contributed by atoms with van der Waals surface area (Å²) in [6, 6.07) is 7.98. The minimum atomic E-state index is -0.517. The van der Waals surface area contributed by atoms with Gasteiger partial charge in [0, 0.05) is 46.1 Å². The SMILES string of the molecule is CC(=N)C(C)C(=N)C(=O)Nc1cnc2[nH]c(-c3ccnc(C4CCNCC4)c3)cc2c1. The van der Waals surface area contributed by atoms with E-state index in [0.29, 0.717) is 11.6 Å². The molecule has 31 heavy (non-hydrogen) atoms. The third kappa shape index (κ3) is 4.54. The van der Waals surface area contributed by atoms with E-state index in [0.717, 1.165) is 53.9 Å². The third-order valence-electron chi connectivity index (χ3n) is 5.90. The Balaban J connectivity index is 1.55. The van der Waals surface area contributed by atoms with Crippen molar-refractivity contribution in [2.75, 3.05) is 18.4 Å². The Kier molecular flexibility index (Phi) is 5.90. The molecule has 0 spiro atoms. The fourth-order valence-electron chi connectivity index (χ4n) is 3.81. The van der Waals surface area contributed by atoms with Crippen LogP contribution in [0.5, 0.6) is 0 Å². The minimum absolute atomic E-state index is 0.135. The molecule has 4 rings (SSSR count). The first-order valence-electron chi connectivity index (χ1n) is 10.5. The summed E-state index contributed by atoms with van der Waals surface area (Å²) in [5, 5.41) is 22.6. The summed E-state index contributed by atoms with van der Waals surface area (Å²) in [6.45, 7) is 5.32. The van der Waals surface area contributed by atoms with Crippen molar-refractivity contribution >= 4 is 34.1 Å². The topological polar surface area (TPSA) is 130 Å². The van der Waals surface area contributed by atoms with Gasteiger partial charge >= 0.3 is 0 Å². The summed E-state index contributed by atoms with van der Waals surface area (Å²) in [5.41, 5.74) is 4.52. The highest BCUT2D eigenvalue weighted by Crippen LogP contribution is 2.29. The number of hydrogen-bond donors (Lipinski definition) is 5. The summed E-state index contributed by atoms with van der Waals surface area (Å²) in [6.07, 6.45) is 5.62. The van der Waals surface area contributed by atoms with Gasteiger partial charge in [0.05, 0.1) is 11.9 Å². The molecule has 0 aliphatic carbocycles. The van der Waals surface area contributed by atoms with Crippen molar-refractivity contribution in [1.29, 1.82) is 10.8 Å². The van der Waals surface area contributed by atoms with Gasteiger partial charge in [-0.15, -0.1) is 0 Å². The molecular formula is C23H27N7O. The van der Waals surface area contributed by atoms with Gasteiger partial charge in [0.2, 0.25) is 0 Å². The lowest BCUT2D eigenvalue weighted by Crippen LogP contribution is -2.30. The number of carbonyl (C=O) groups excluding carboxylic acids is 1. The van der Waals surface area contributed by atoms with Crippen LogP contribution in [-0.2, 0) is 4.79 Å². The van der Waals surface area contributed by atoms with E-state index in [1.54, 1.807) is 20.0 Å². The maximum Gasteiger partial charge on any atom is 0.270 e. The number of rotatable bonds is 6. The maximum absolute atomic E-state index is 12.3. The Morgan fingerprint density at radius 1 is 1.19 bits per heavy atom. The summed E-state index contributed by atoms with van der Waals surface area (Å²) in [7, 11) is 0. The van der Waals surface area contributed by atoms with Crippen molar-refractivity contribution in [3.8, 4) is 11.3 Å². The fraction of sp³-hybridized carbons (Fsp3) is 0.348. The molecule has 1 amide bonds. The number of aromatic nitrogens is 3. The van der Waals surface area contributed by atoms with Gasteiger partial charge < -0.3 is 21.0 Å². The third-order valence-corrected chi connectivity index (χ3v) is 5.90. The lowest BCUT2D eigenvalue weighted by molar-refractivity contribution is -0.110. The fourth-order valence-corrected chi connectivity index (χ4v) is 3.81. The number of fused-ring (bicyclic) bond motifs is 1. The van der Waals surface area contributed by atoms with Crippen LogP contribution in [0.3, 0.4) is 0 Å². The summed E-state index contributed by atoms with van der Waals surface area (Å²) < 4.78 is 0. The van der Waals surface area contributed by atoms with E-state index in [2.05, 4.69) is 31.7 Å². The van der Waals surface area contributed by atoms with Gasteiger partial charge in [0.15, 0.2) is 0 Å². The molecule has 1 fully saturated rings. The van der Waals surface area contributed by atoms with Gasteiger partial charge in [-0.2, -0.15) is 0 Å². The maximum atomic E-state index is 12.3. The van der Waals surface area contributed by atoms with E-state index in [9.17, 15) is 4.79 Å². The molecule has 0 saturated carbocycles. The Bertz CT molecular complexity index is 1140. The highest BCUT2D eigenvalue weighted by Gasteiger charge is 2.20. The molecule has 3 aromatic heterocycles. The normalized spacial score (nSPS) is 15.5. The molecule has 0 bridgehead atoms. The molecular weight excluding hydrogens is 390 g/mol. The average Bonchev–Trinajstić information content (AvgIpc) is 3.22. The number of nitrogens with one attached hydrogen (secondary N) is 5. The Morgan fingerprint density at radius 2 is 1.97 bits per heavy atom. The largest absolute Gasteiger partial charge is 0.339 e. The Hall–Kier alpha value is -3.39.